The summed E-state index contributed by atoms with van der Waals surface area (Å²) in [4.78, 5) is 0. The van der Waals surface area contributed by atoms with Gasteiger partial charge in [0, 0.05) is 11.0 Å². The lowest BCUT2D eigenvalue weighted by Crippen LogP contribution is -2.18. The summed E-state index contributed by atoms with van der Waals surface area (Å²) >= 11 is 0. The molecule has 0 N–H and O–H groups in total. The Labute approximate surface area is 72.9 Å². The van der Waals surface area contributed by atoms with Gasteiger partial charge in [-0.3, -0.25) is 0 Å². The molecule has 0 aliphatic heterocycles. The van der Waals surface area contributed by atoms with E-state index in [0.717, 1.165) is 12.2 Å². The van der Waals surface area contributed by atoms with Crippen LogP contribution < -0.4 is 0 Å². The molecule has 0 radical (unpaired) electrons. The minimum atomic E-state index is 0.162. The Morgan fingerprint density at radius 1 is 1.25 bits per heavy atom. The van der Waals surface area contributed by atoms with Crippen LogP contribution in [0.4, 0.5) is 0 Å². The van der Waals surface area contributed by atoms with Crippen molar-refractivity contribution in [3.05, 3.63) is 17.5 Å². The lowest BCUT2D eigenvalue weighted by Gasteiger charge is -2.21. The SMILES string of the molecule is CC1(C)CC(C)(C)c2oncc21. The Hall–Kier alpha value is -0.790. The fourth-order valence-electron chi connectivity index (χ4n) is 2.49. The molecule has 2 nitrogen and oxygen atoms in total. The van der Waals surface area contributed by atoms with Gasteiger partial charge in [0.2, 0.25) is 0 Å². The zero-order valence-electron chi connectivity index (χ0n) is 8.14. The predicted octanol–water partition coefficient (Wildman–Crippen LogP) is 2.63. The predicted molar refractivity (Wildman–Crippen MR) is 47.2 cm³/mol. The van der Waals surface area contributed by atoms with Gasteiger partial charge in [0.25, 0.3) is 0 Å². The summed E-state index contributed by atoms with van der Waals surface area (Å²) < 4.78 is 5.28. The molecule has 0 amide bonds. The van der Waals surface area contributed by atoms with E-state index < -0.39 is 0 Å². The summed E-state index contributed by atoms with van der Waals surface area (Å²) in [5.41, 5.74) is 1.68. The first-order chi connectivity index (χ1) is 5.43. The number of hydrogen-bond donors (Lipinski definition) is 0. The number of hydrogen-bond acceptors (Lipinski definition) is 2. The van der Waals surface area contributed by atoms with Gasteiger partial charge in [-0.25, -0.2) is 0 Å². The maximum Gasteiger partial charge on any atom is 0.146 e. The first-order valence-electron chi connectivity index (χ1n) is 4.39. The minimum Gasteiger partial charge on any atom is -0.361 e. The van der Waals surface area contributed by atoms with Gasteiger partial charge in [0.05, 0.1) is 6.20 Å². The molecule has 0 fully saturated rings. The highest BCUT2D eigenvalue weighted by atomic mass is 16.5. The Morgan fingerprint density at radius 2 is 1.92 bits per heavy atom. The molecule has 0 atom stereocenters. The summed E-state index contributed by atoms with van der Waals surface area (Å²) in [7, 11) is 0. The van der Waals surface area contributed by atoms with Crippen LogP contribution in [0, 0.1) is 0 Å². The van der Waals surface area contributed by atoms with Crippen molar-refractivity contribution in [3.8, 4) is 0 Å². The lowest BCUT2D eigenvalue weighted by atomic mass is 9.82. The van der Waals surface area contributed by atoms with Gasteiger partial charge in [-0.2, -0.15) is 0 Å². The van der Waals surface area contributed by atoms with Crippen LogP contribution in [-0.4, -0.2) is 5.16 Å². The molecule has 2 rings (SSSR count). The molecule has 0 saturated heterocycles. The first kappa shape index (κ1) is 7.84. The fourth-order valence-corrected chi connectivity index (χ4v) is 2.49. The average Bonchev–Trinajstić information content (AvgIpc) is 2.34. The lowest BCUT2D eigenvalue weighted by molar-refractivity contribution is 0.302. The van der Waals surface area contributed by atoms with Gasteiger partial charge in [0.15, 0.2) is 0 Å². The number of rotatable bonds is 0. The van der Waals surface area contributed by atoms with Gasteiger partial charge in [-0.05, 0) is 11.8 Å². The molecule has 1 aliphatic rings. The average molecular weight is 165 g/mol. The second kappa shape index (κ2) is 1.93. The van der Waals surface area contributed by atoms with Crippen molar-refractivity contribution in [2.24, 2.45) is 0 Å². The van der Waals surface area contributed by atoms with Crippen LogP contribution in [0.25, 0.3) is 0 Å². The molecule has 2 heteroatoms. The van der Waals surface area contributed by atoms with Crippen LogP contribution in [0.15, 0.2) is 10.7 Å². The third-order valence-corrected chi connectivity index (χ3v) is 2.80. The smallest absolute Gasteiger partial charge is 0.146 e. The number of fused-ring (bicyclic) bond motifs is 1. The Morgan fingerprint density at radius 3 is 2.50 bits per heavy atom. The molecular formula is C10H15NO. The van der Waals surface area contributed by atoms with Crippen LogP contribution >= 0.6 is 0 Å². The van der Waals surface area contributed by atoms with Crippen molar-refractivity contribution >= 4 is 0 Å². The van der Waals surface area contributed by atoms with Crippen molar-refractivity contribution in [2.75, 3.05) is 0 Å². The molecule has 0 spiro atoms. The molecule has 0 aromatic carbocycles. The van der Waals surface area contributed by atoms with Crippen molar-refractivity contribution in [3.63, 3.8) is 0 Å². The van der Waals surface area contributed by atoms with Crippen molar-refractivity contribution in [1.29, 1.82) is 0 Å². The van der Waals surface area contributed by atoms with E-state index in [1.807, 2.05) is 6.20 Å². The highest BCUT2D eigenvalue weighted by molar-refractivity contribution is 5.36. The molecule has 12 heavy (non-hydrogen) atoms. The number of nitrogens with zero attached hydrogens (tertiary/aromatic N) is 1. The first-order valence-corrected chi connectivity index (χ1v) is 4.39. The van der Waals surface area contributed by atoms with E-state index in [1.54, 1.807) is 0 Å². The van der Waals surface area contributed by atoms with E-state index in [1.165, 1.54) is 5.56 Å². The maximum atomic E-state index is 5.28. The fraction of sp³-hybridized carbons (Fsp3) is 0.700. The van der Waals surface area contributed by atoms with E-state index in [4.69, 9.17) is 4.52 Å². The van der Waals surface area contributed by atoms with Gasteiger partial charge in [-0.15, -0.1) is 0 Å². The highest BCUT2D eigenvalue weighted by Crippen LogP contribution is 2.48. The summed E-state index contributed by atoms with van der Waals surface area (Å²) in [5, 5.41) is 3.86. The largest absolute Gasteiger partial charge is 0.361 e. The highest BCUT2D eigenvalue weighted by Gasteiger charge is 2.45. The molecule has 1 aliphatic carbocycles. The second-order valence-corrected chi connectivity index (χ2v) is 5.01. The maximum absolute atomic E-state index is 5.28. The van der Waals surface area contributed by atoms with E-state index >= 15 is 0 Å². The molecule has 1 aromatic heterocycles. The van der Waals surface area contributed by atoms with Gasteiger partial charge in [0.1, 0.15) is 5.76 Å². The monoisotopic (exact) mass is 165 g/mol. The number of aromatic nitrogens is 1. The molecule has 0 saturated carbocycles. The normalized spacial score (nSPS) is 24.0. The van der Waals surface area contributed by atoms with Crippen LogP contribution in [-0.2, 0) is 10.8 Å². The Bertz CT molecular complexity index is 281. The molecule has 0 unspecified atom stereocenters. The Balaban J connectivity index is 2.60. The topological polar surface area (TPSA) is 26.0 Å². The van der Waals surface area contributed by atoms with E-state index in [9.17, 15) is 0 Å². The second-order valence-electron chi connectivity index (χ2n) is 5.01. The summed E-state index contributed by atoms with van der Waals surface area (Å²) in [6, 6.07) is 0. The summed E-state index contributed by atoms with van der Waals surface area (Å²) in [6.07, 6.45) is 3.01. The van der Waals surface area contributed by atoms with Gasteiger partial charge < -0.3 is 4.52 Å². The van der Waals surface area contributed by atoms with Crippen molar-refractivity contribution in [2.45, 2.75) is 44.9 Å². The quantitative estimate of drug-likeness (QED) is 0.590. The molecule has 66 valence electrons. The van der Waals surface area contributed by atoms with Crippen molar-refractivity contribution < 1.29 is 4.52 Å². The molecular weight excluding hydrogens is 150 g/mol. The van der Waals surface area contributed by atoms with Gasteiger partial charge in [-0.1, -0.05) is 32.9 Å². The zero-order valence-corrected chi connectivity index (χ0v) is 8.14. The van der Waals surface area contributed by atoms with Crippen molar-refractivity contribution in [1.82, 2.24) is 5.16 Å². The molecule has 1 aromatic rings. The minimum absolute atomic E-state index is 0.162. The van der Waals surface area contributed by atoms with Crippen LogP contribution in [0.2, 0.25) is 0 Å². The van der Waals surface area contributed by atoms with Crippen LogP contribution in [0.3, 0.4) is 0 Å². The third-order valence-electron chi connectivity index (χ3n) is 2.80. The standard InChI is InChI=1S/C10H15NO/c1-9(2)6-10(3,4)8-7(9)5-11-12-8/h5H,6H2,1-4H3. The van der Waals surface area contributed by atoms with E-state index in [2.05, 4.69) is 32.9 Å². The van der Waals surface area contributed by atoms with Crippen LogP contribution in [0.5, 0.6) is 0 Å². The van der Waals surface area contributed by atoms with Gasteiger partial charge >= 0.3 is 0 Å². The van der Waals surface area contributed by atoms with E-state index in [0.29, 0.717) is 0 Å². The third kappa shape index (κ3) is 0.838. The van der Waals surface area contributed by atoms with Crippen LogP contribution in [0.1, 0.15) is 45.4 Å². The molecule has 0 bridgehead atoms. The zero-order chi connectivity index (χ0) is 8.98. The Kier molecular flexibility index (Phi) is 1.26. The summed E-state index contributed by atoms with van der Waals surface area (Å²) in [6.45, 7) is 8.92. The van der Waals surface area contributed by atoms with E-state index in [-0.39, 0.29) is 10.8 Å². The summed E-state index contributed by atoms with van der Waals surface area (Å²) in [5.74, 6) is 1.08. The molecule has 1 heterocycles.